The van der Waals surface area contributed by atoms with E-state index in [0.29, 0.717) is 24.8 Å². The molecule has 124 valence electrons. The van der Waals surface area contributed by atoms with Gasteiger partial charge in [-0.05, 0) is 33.1 Å². The van der Waals surface area contributed by atoms with Crippen LogP contribution in [0.4, 0.5) is 0 Å². The summed E-state index contributed by atoms with van der Waals surface area (Å²) >= 11 is 1.59. The lowest BCUT2D eigenvalue weighted by molar-refractivity contribution is -0.150. The van der Waals surface area contributed by atoms with Crippen molar-refractivity contribution in [3.05, 3.63) is 0 Å². The van der Waals surface area contributed by atoms with Gasteiger partial charge in [0, 0.05) is 23.3 Å². The van der Waals surface area contributed by atoms with E-state index in [4.69, 9.17) is 4.74 Å². The number of carbonyl (C=O) groups is 1. The van der Waals surface area contributed by atoms with E-state index >= 15 is 0 Å². The first kappa shape index (κ1) is 18.8. The standard InChI is InChI=1S/C14H27NO4S2/c1-5-19-13(16)14(3,15-12-6-7-12)10-11(2)20-8-9-21(4,17)18/h11-12,15H,5-10H2,1-4H3. The predicted molar refractivity (Wildman–Crippen MR) is 87.4 cm³/mol. The summed E-state index contributed by atoms with van der Waals surface area (Å²) in [5.41, 5.74) is -0.686. The molecule has 1 N–H and O–H groups in total. The first-order chi connectivity index (χ1) is 9.66. The van der Waals surface area contributed by atoms with Gasteiger partial charge in [-0.2, -0.15) is 11.8 Å². The van der Waals surface area contributed by atoms with Crippen molar-refractivity contribution in [1.29, 1.82) is 0 Å². The monoisotopic (exact) mass is 337 g/mol. The Bertz CT molecular complexity index is 448. The van der Waals surface area contributed by atoms with Crippen LogP contribution < -0.4 is 5.32 Å². The highest BCUT2D eigenvalue weighted by Crippen LogP contribution is 2.28. The van der Waals surface area contributed by atoms with Crippen molar-refractivity contribution in [2.24, 2.45) is 0 Å². The van der Waals surface area contributed by atoms with Crippen molar-refractivity contribution < 1.29 is 17.9 Å². The number of hydrogen-bond donors (Lipinski definition) is 1. The van der Waals surface area contributed by atoms with Gasteiger partial charge in [-0.15, -0.1) is 0 Å². The number of esters is 1. The number of rotatable bonds is 10. The van der Waals surface area contributed by atoms with Gasteiger partial charge >= 0.3 is 5.97 Å². The molecule has 0 bridgehead atoms. The Morgan fingerprint density at radius 1 is 1.48 bits per heavy atom. The van der Waals surface area contributed by atoms with Crippen LogP contribution in [0.15, 0.2) is 0 Å². The summed E-state index contributed by atoms with van der Waals surface area (Å²) in [7, 11) is -2.93. The Morgan fingerprint density at radius 2 is 2.10 bits per heavy atom. The van der Waals surface area contributed by atoms with Gasteiger partial charge in [-0.25, -0.2) is 8.42 Å². The van der Waals surface area contributed by atoms with Crippen LogP contribution in [0, 0.1) is 0 Å². The number of ether oxygens (including phenoxy) is 1. The summed E-state index contributed by atoms with van der Waals surface area (Å²) in [6, 6.07) is 0.410. The Hall–Kier alpha value is -0.270. The van der Waals surface area contributed by atoms with Crippen molar-refractivity contribution in [3.8, 4) is 0 Å². The maximum absolute atomic E-state index is 12.2. The van der Waals surface area contributed by atoms with Crippen molar-refractivity contribution in [3.63, 3.8) is 0 Å². The summed E-state index contributed by atoms with van der Waals surface area (Å²) in [5.74, 6) is 0.517. The van der Waals surface area contributed by atoms with E-state index in [1.54, 1.807) is 18.7 Å². The van der Waals surface area contributed by atoms with Crippen LogP contribution in [-0.2, 0) is 19.4 Å². The quantitative estimate of drug-likeness (QED) is 0.611. The van der Waals surface area contributed by atoms with E-state index in [1.807, 2.05) is 13.8 Å². The zero-order valence-electron chi connectivity index (χ0n) is 13.3. The molecular weight excluding hydrogens is 310 g/mol. The van der Waals surface area contributed by atoms with E-state index in [-0.39, 0.29) is 17.0 Å². The molecule has 0 aliphatic heterocycles. The van der Waals surface area contributed by atoms with E-state index in [2.05, 4.69) is 5.32 Å². The molecule has 5 nitrogen and oxygen atoms in total. The summed E-state index contributed by atoms with van der Waals surface area (Å²) in [6.45, 7) is 6.09. The van der Waals surface area contributed by atoms with Crippen molar-refractivity contribution in [1.82, 2.24) is 5.32 Å². The number of thioether (sulfide) groups is 1. The minimum atomic E-state index is -2.93. The fraction of sp³-hybridized carbons (Fsp3) is 0.929. The lowest BCUT2D eigenvalue weighted by Gasteiger charge is -2.31. The van der Waals surface area contributed by atoms with E-state index in [0.717, 1.165) is 12.8 Å². The van der Waals surface area contributed by atoms with Crippen LogP contribution in [0.25, 0.3) is 0 Å². The Morgan fingerprint density at radius 3 is 2.57 bits per heavy atom. The molecule has 1 aliphatic carbocycles. The molecule has 0 spiro atoms. The average molecular weight is 338 g/mol. The highest BCUT2D eigenvalue weighted by molar-refractivity contribution is 8.01. The summed E-state index contributed by atoms with van der Waals surface area (Å²) in [5, 5.41) is 3.57. The maximum Gasteiger partial charge on any atom is 0.326 e. The van der Waals surface area contributed by atoms with Crippen LogP contribution in [0.5, 0.6) is 0 Å². The third-order valence-corrected chi connectivity index (χ3v) is 5.76. The molecule has 1 aliphatic rings. The summed E-state index contributed by atoms with van der Waals surface area (Å²) in [4.78, 5) is 12.2. The van der Waals surface area contributed by atoms with Gasteiger partial charge in [0.25, 0.3) is 0 Å². The van der Waals surface area contributed by atoms with Gasteiger partial charge in [0.1, 0.15) is 15.4 Å². The van der Waals surface area contributed by atoms with E-state index in [9.17, 15) is 13.2 Å². The zero-order valence-corrected chi connectivity index (χ0v) is 15.0. The first-order valence-electron chi connectivity index (χ1n) is 7.40. The minimum absolute atomic E-state index is 0.175. The second kappa shape index (κ2) is 7.83. The molecule has 0 heterocycles. The second-order valence-electron chi connectivity index (χ2n) is 5.99. The number of sulfone groups is 1. The van der Waals surface area contributed by atoms with Gasteiger partial charge in [0.15, 0.2) is 0 Å². The van der Waals surface area contributed by atoms with E-state index in [1.165, 1.54) is 6.26 Å². The van der Waals surface area contributed by atoms with Crippen LogP contribution in [-0.4, -0.2) is 55.6 Å². The Kier molecular flexibility index (Phi) is 7.00. The second-order valence-corrected chi connectivity index (χ2v) is 9.79. The molecule has 1 fully saturated rings. The van der Waals surface area contributed by atoms with Gasteiger partial charge < -0.3 is 4.74 Å². The van der Waals surface area contributed by atoms with Crippen LogP contribution in [0.1, 0.15) is 40.0 Å². The zero-order chi connectivity index (χ0) is 16.1. The molecule has 21 heavy (non-hydrogen) atoms. The minimum Gasteiger partial charge on any atom is -0.465 e. The van der Waals surface area contributed by atoms with Gasteiger partial charge in [0.05, 0.1) is 12.4 Å². The normalized spacial score (nSPS) is 19.8. The SMILES string of the molecule is CCOC(=O)C(C)(CC(C)SCCS(C)(=O)=O)NC1CC1. The molecule has 2 atom stereocenters. The molecule has 0 aromatic heterocycles. The summed E-state index contributed by atoms with van der Waals surface area (Å²) in [6.07, 6.45) is 4.08. The largest absolute Gasteiger partial charge is 0.465 e. The van der Waals surface area contributed by atoms with E-state index < -0.39 is 15.4 Å². The highest BCUT2D eigenvalue weighted by atomic mass is 32.2. The van der Waals surface area contributed by atoms with Crippen molar-refractivity contribution in [2.75, 3.05) is 24.4 Å². The van der Waals surface area contributed by atoms with Crippen LogP contribution in [0.2, 0.25) is 0 Å². The maximum atomic E-state index is 12.2. The first-order valence-corrected chi connectivity index (χ1v) is 10.5. The third-order valence-electron chi connectivity index (χ3n) is 3.38. The van der Waals surface area contributed by atoms with Gasteiger partial charge in [-0.1, -0.05) is 6.92 Å². The molecule has 0 aromatic carbocycles. The molecule has 0 saturated heterocycles. The van der Waals surface area contributed by atoms with Gasteiger partial charge in [0.2, 0.25) is 0 Å². The van der Waals surface area contributed by atoms with Crippen molar-refractivity contribution in [2.45, 2.75) is 56.9 Å². The molecular formula is C14H27NO4S2. The summed E-state index contributed by atoms with van der Waals surface area (Å²) < 4.78 is 27.5. The van der Waals surface area contributed by atoms with Crippen LogP contribution in [0.3, 0.4) is 0 Å². The predicted octanol–water partition coefficient (Wildman–Crippen LogP) is 1.62. The molecule has 2 unspecified atom stereocenters. The lowest BCUT2D eigenvalue weighted by atomic mass is 9.95. The highest BCUT2D eigenvalue weighted by Gasteiger charge is 2.40. The van der Waals surface area contributed by atoms with Crippen LogP contribution >= 0.6 is 11.8 Å². The Labute approximate surface area is 132 Å². The molecule has 0 radical (unpaired) electrons. The number of carbonyl (C=O) groups excluding carboxylic acids is 1. The smallest absolute Gasteiger partial charge is 0.326 e. The lowest BCUT2D eigenvalue weighted by Crippen LogP contribution is -2.52. The molecule has 0 amide bonds. The molecule has 1 saturated carbocycles. The number of hydrogen-bond acceptors (Lipinski definition) is 6. The fourth-order valence-electron chi connectivity index (χ4n) is 2.20. The van der Waals surface area contributed by atoms with Gasteiger partial charge in [-0.3, -0.25) is 10.1 Å². The number of nitrogens with one attached hydrogen (secondary N) is 1. The molecule has 0 aromatic rings. The molecule has 1 rings (SSSR count). The third kappa shape index (κ3) is 7.51. The molecule has 7 heteroatoms. The van der Waals surface area contributed by atoms with Crippen molar-refractivity contribution >= 4 is 27.6 Å². The topological polar surface area (TPSA) is 72.5 Å². The Balaban J connectivity index is 2.52. The average Bonchev–Trinajstić information content (AvgIpc) is 3.11. The fourth-order valence-corrected chi connectivity index (χ4v) is 4.65.